The van der Waals surface area contributed by atoms with Gasteiger partial charge in [0.25, 0.3) is 0 Å². The van der Waals surface area contributed by atoms with Crippen molar-refractivity contribution in [3.05, 3.63) is 0 Å². The molecule has 0 amide bonds. The van der Waals surface area contributed by atoms with Crippen LogP contribution in [0, 0.1) is 0 Å². The van der Waals surface area contributed by atoms with Gasteiger partial charge in [-0.05, 0) is 0 Å². The molecule has 0 unspecified atom stereocenters. The molecule has 0 atom stereocenters. The molecule has 0 spiro atoms. The van der Waals surface area contributed by atoms with Gasteiger partial charge >= 0.3 is 0 Å². The molecule has 0 nitrogen and oxygen atoms in total. The first-order valence-electron chi connectivity index (χ1n) is 0. The second kappa shape index (κ2) is 30.6. The molecule has 0 aromatic heterocycles. The Hall–Kier alpha value is 2.60. The molecule has 0 aliphatic rings. The Morgan fingerprint density at radius 3 is 1.00 bits per heavy atom. The van der Waals surface area contributed by atoms with Crippen LogP contribution in [0.15, 0.2) is 0 Å². The summed E-state index contributed by atoms with van der Waals surface area (Å²) in [6, 6.07) is 0. The summed E-state index contributed by atoms with van der Waals surface area (Å²) in [4.78, 5) is 0. The van der Waals surface area contributed by atoms with Gasteiger partial charge in [0.1, 0.15) is 0 Å². The molecular weight excluding hydrogens is 260 g/mol. The van der Waals surface area contributed by atoms with Crippen molar-refractivity contribution in [2.24, 2.45) is 0 Å². The Bertz CT molecular complexity index is 11.6. The van der Waals surface area contributed by atoms with E-state index in [-0.39, 0.29) is 85.3 Å². The van der Waals surface area contributed by atoms with Crippen molar-refractivity contribution in [3.63, 3.8) is 0 Å². The smallest absolute Gasteiger partial charge is 0 e. The quantitative estimate of drug-likeness (QED) is 0.520. The van der Waals surface area contributed by atoms with E-state index in [0.717, 1.165) is 0 Å². The van der Waals surface area contributed by atoms with Crippen LogP contribution in [0.4, 0.5) is 0 Å². The van der Waals surface area contributed by atoms with E-state index < -0.39 is 0 Å². The minimum Gasteiger partial charge on any atom is 0 e. The fourth-order valence-corrected chi connectivity index (χ4v) is 0. The Morgan fingerprint density at radius 1 is 1.00 bits per heavy atom. The van der Waals surface area contributed by atoms with Crippen molar-refractivity contribution in [1.29, 1.82) is 0 Å². The maximum atomic E-state index is 0. The second-order valence-corrected chi connectivity index (χ2v) is 0. The molecular formula is AlCoCuFeMn. The molecule has 0 aliphatic carbocycles. The molecule has 0 N–H and O–H groups in total. The van der Waals surface area contributed by atoms with Gasteiger partial charge in [-0.25, -0.2) is 0 Å². The van der Waals surface area contributed by atoms with E-state index in [1.807, 2.05) is 0 Å². The van der Waals surface area contributed by atoms with Crippen LogP contribution < -0.4 is 0 Å². The SMILES string of the molecule is [Al].[Co].[Cu].[Fe].[Mn]. The van der Waals surface area contributed by atoms with Crippen LogP contribution in [0.25, 0.3) is 0 Å². The van der Waals surface area contributed by atoms with Crippen molar-refractivity contribution in [2.45, 2.75) is 0 Å². The summed E-state index contributed by atoms with van der Waals surface area (Å²) in [6.45, 7) is 0. The molecule has 6 radical (unpaired) electrons. The van der Waals surface area contributed by atoms with E-state index in [9.17, 15) is 0 Å². The van der Waals surface area contributed by atoms with Crippen LogP contribution in [0.2, 0.25) is 0 Å². The topological polar surface area (TPSA) is 0 Å². The average molecular weight is 260 g/mol. The fraction of sp³-hybridized carbons (Fsp3) is 0. The summed E-state index contributed by atoms with van der Waals surface area (Å²) in [7, 11) is 0. The molecule has 0 rings (SSSR count). The van der Waals surface area contributed by atoms with Crippen LogP contribution in [-0.2, 0) is 68.0 Å². The molecule has 0 fully saturated rings. The first-order chi connectivity index (χ1) is 0. The van der Waals surface area contributed by atoms with Gasteiger partial charge in [-0.15, -0.1) is 0 Å². The maximum absolute atomic E-state index is 0. The van der Waals surface area contributed by atoms with Crippen molar-refractivity contribution < 1.29 is 68.0 Å². The molecule has 0 saturated heterocycles. The van der Waals surface area contributed by atoms with Crippen LogP contribution in [0.5, 0.6) is 0 Å². The third-order valence-electron chi connectivity index (χ3n) is 0. The Labute approximate surface area is 84.3 Å². The van der Waals surface area contributed by atoms with E-state index in [1.54, 1.807) is 0 Å². The minimum atomic E-state index is 0. The van der Waals surface area contributed by atoms with Gasteiger partial charge in [0.15, 0.2) is 0 Å². The summed E-state index contributed by atoms with van der Waals surface area (Å²) < 4.78 is 0. The predicted octanol–water partition coefficient (Wildman–Crippen LogP) is -0.391. The normalized spacial score (nSPS) is 0. The summed E-state index contributed by atoms with van der Waals surface area (Å²) in [5.74, 6) is 0. The summed E-state index contributed by atoms with van der Waals surface area (Å²) in [5.41, 5.74) is 0. The molecule has 0 aromatic carbocycles. The standard InChI is InChI=1S/Al.Co.Cu.Fe.Mn. The number of rotatable bonds is 0. The monoisotopic (exact) mass is 260 g/mol. The van der Waals surface area contributed by atoms with E-state index >= 15 is 0 Å². The zero-order valence-electron chi connectivity index (χ0n) is 1.94. The molecule has 0 bridgehead atoms. The van der Waals surface area contributed by atoms with Crippen LogP contribution in [-0.4, -0.2) is 17.4 Å². The van der Waals surface area contributed by atoms with Crippen LogP contribution in [0.3, 0.4) is 0 Å². The Balaban J connectivity index is 0. The first-order valence-corrected chi connectivity index (χ1v) is 0. The third-order valence-corrected chi connectivity index (χ3v) is 0. The van der Waals surface area contributed by atoms with Crippen molar-refractivity contribution in [3.8, 4) is 0 Å². The first kappa shape index (κ1) is 49.0. The van der Waals surface area contributed by atoms with E-state index in [2.05, 4.69) is 0 Å². The fourth-order valence-electron chi connectivity index (χ4n) is 0. The molecule has 0 aliphatic heterocycles. The average Bonchev–Trinajstić information content (AvgIpc) is 0. The van der Waals surface area contributed by atoms with E-state index in [1.165, 1.54) is 0 Å². The van der Waals surface area contributed by atoms with E-state index in [0.29, 0.717) is 0 Å². The van der Waals surface area contributed by atoms with Gasteiger partial charge in [-0.2, -0.15) is 0 Å². The van der Waals surface area contributed by atoms with Gasteiger partial charge in [-0.3, -0.25) is 0 Å². The zero-order chi connectivity index (χ0) is 0. The molecule has 0 heterocycles. The van der Waals surface area contributed by atoms with Gasteiger partial charge in [-0.1, -0.05) is 0 Å². The third kappa shape index (κ3) is 20.7. The largest absolute Gasteiger partial charge is 0 e. The van der Waals surface area contributed by atoms with Crippen LogP contribution >= 0.6 is 0 Å². The van der Waals surface area contributed by atoms with Crippen molar-refractivity contribution in [2.75, 3.05) is 0 Å². The van der Waals surface area contributed by atoms with Crippen LogP contribution in [0.1, 0.15) is 0 Å². The minimum absolute atomic E-state index is 0. The van der Waals surface area contributed by atoms with Crippen molar-refractivity contribution in [1.82, 2.24) is 0 Å². The second-order valence-electron chi connectivity index (χ2n) is 0. The van der Waals surface area contributed by atoms with Crippen molar-refractivity contribution >= 4 is 17.4 Å². The summed E-state index contributed by atoms with van der Waals surface area (Å²) in [6.07, 6.45) is 0. The van der Waals surface area contributed by atoms with Gasteiger partial charge in [0.05, 0.1) is 0 Å². The van der Waals surface area contributed by atoms with E-state index in [4.69, 9.17) is 0 Å². The number of hydrogen-bond acceptors (Lipinski definition) is 0. The molecule has 5 heavy (non-hydrogen) atoms. The van der Waals surface area contributed by atoms with Gasteiger partial charge in [0.2, 0.25) is 0 Å². The Kier molecular flexibility index (Phi) is 300. The predicted molar refractivity (Wildman–Crippen MR) is 5.75 cm³/mol. The maximum Gasteiger partial charge on any atom is 0 e. The zero-order valence-corrected chi connectivity index (χ0v) is 7.37. The van der Waals surface area contributed by atoms with Gasteiger partial charge in [0, 0.05) is 85.3 Å². The molecule has 0 aromatic rings. The number of hydrogen-bond donors (Lipinski definition) is 0. The molecule has 5 heteroatoms. The van der Waals surface area contributed by atoms with Gasteiger partial charge < -0.3 is 0 Å². The summed E-state index contributed by atoms with van der Waals surface area (Å²) >= 11 is 0. The Morgan fingerprint density at radius 2 is 1.00 bits per heavy atom. The molecule has 0 saturated carbocycles. The molecule has 38 valence electrons. The summed E-state index contributed by atoms with van der Waals surface area (Å²) in [5, 5.41) is 0.